The number of nitrogens with zero attached hydrogens (tertiary/aromatic N) is 5. The quantitative estimate of drug-likeness (QED) is 0.670. The largest absolute Gasteiger partial charge is 0.383 e. The van der Waals surface area contributed by atoms with E-state index in [0.29, 0.717) is 26.0 Å². The van der Waals surface area contributed by atoms with Crippen molar-refractivity contribution in [2.45, 2.75) is 6.10 Å². The zero-order chi connectivity index (χ0) is 20.5. The summed E-state index contributed by atoms with van der Waals surface area (Å²) in [5.74, 6) is -1.40. The highest BCUT2D eigenvalue weighted by Crippen LogP contribution is 2.30. The van der Waals surface area contributed by atoms with Crippen LogP contribution in [0.5, 0.6) is 0 Å². The van der Waals surface area contributed by atoms with Gasteiger partial charge in [-0.2, -0.15) is 10.1 Å². The fourth-order valence-corrected chi connectivity index (χ4v) is 3.26. The van der Waals surface area contributed by atoms with E-state index in [4.69, 9.17) is 10.5 Å². The molecule has 3 aromatic rings. The molecule has 1 saturated heterocycles. The monoisotopic (exact) mass is 400 g/mol. The third kappa shape index (κ3) is 3.66. The summed E-state index contributed by atoms with van der Waals surface area (Å²) in [4.78, 5) is 22.0. The van der Waals surface area contributed by atoms with E-state index in [1.807, 2.05) is 18.1 Å². The summed E-state index contributed by atoms with van der Waals surface area (Å²) in [6, 6.07) is 3.05. The number of benzene rings is 1. The highest BCUT2D eigenvalue weighted by molar-refractivity contribution is 5.91. The third-order valence-corrected chi connectivity index (χ3v) is 4.71. The van der Waals surface area contributed by atoms with Crippen molar-refractivity contribution in [1.29, 1.82) is 0 Å². The minimum atomic E-state index is -0.840. The second-order valence-electron chi connectivity index (χ2n) is 6.67. The summed E-state index contributed by atoms with van der Waals surface area (Å²) in [6.07, 6.45) is 3.80. The van der Waals surface area contributed by atoms with E-state index in [1.54, 1.807) is 10.9 Å². The zero-order valence-corrected chi connectivity index (χ0v) is 15.5. The summed E-state index contributed by atoms with van der Waals surface area (Å²) in [5, 5.41) is 4.15. The number of carbonyl (C=O) groups is 1. The van der Waals surface area contributed by atoms with Crippen molar-refractivity contribution in [3.8, 4) is 11.3 Å². The van der Waals surface area contributed by atoms with Gasteiger partial charge in [0.15, 0.2) is 6.29 Å². The second-order valence-corrected chi connectivity index (χ2v) is 6.67. The van der Waals surface area contributed by atoms with E-state index in [9.17, 15) is 13.6 Å². The maximum atomic E-state index is 14.3. The molecule has 0 aliphatic carbocycles. The molecule has 1 atom stereocenters. The van der Waals surface area contributed by atoms with Crippen LogP contribution in [-0.2, 0) is 11.8 Å². The Morgan fingerprint density at radius 3 is 2.83 bits per heavy atom. The third-order valence-electron chi connectivity index (χ3n) is 4.71. The number of aldehydes is 1. The van der Waals surface area contributed by atoms with Gasteiger partial charge < -0.3 is 15.4 Å². The van der Waals surface area contributed by atoms with Crippen molar-refractivity contribution in [1.82, 2.24) is 19.7 Å². The van der Waals surface area contributed by atoms with Crippen LogP contribution >= 0.6 is 0 Å². The van der Waals surface area contributed by atoms with Gasteiger partial charge in [-0.3, -0.25) is 9.48 Å². The van der Waals surface area contributed by atoms with E-state index < -0.39 is 11.6 Å². The minimum Gasteiger partial charge on any atom is -0.383 e. The number of halogens is 2. The Hall–Kier alpha value is -3.40. The molecule has 1 aliphatic rings. The minimum absolute atomic E-state index is 0.0180. The van der Waals surface area contributed by atoms with Gasteiger partial charge in [-0.25, -0.2) is 13.8 Å². The molecule has 0 radical (unpaired) electrons. The number of ether oxygens (including phenoxy) is 1. The number of rotatable bonds is 4. The molecule has 2 aromatic heterocycles. The molecule has 0 amide bonds. The number of aryl methyl sites for hydroxylation is 1. The first kappa shape index (κ1) is 18.9. The Bertz CT molecular complexity index is 1070. The van der Waals surface area contributed by atoms with Gasteiger partial charge in [-0.05, 0) is 12.1 Å². The molecule has 0 saturated carbocycles. The molecule has 0 bridgehead atoms. The lowest BCUT2D eigenvalue weighted by molar-refractivity contribution is 0.0392. The fraction of sp³-hybridized carbons (Fsp3) is 0.263. The number of nitrogens with two attached hydrogens (primary N) is 1. The molecule has 1 fully saturated rings. The second kappa shape index (κ2) is 7.55. The highest BCUT2D eigenvalue weighted by Gasteiger charge is 2.27. The van der Waals surface area contributed by atoms with Crippen LogP contribution < -0.4 is 10.6 Å². The predicted molar refractivity (Wildman–Crippen MR) is 101 cm³/mol. The SMILES string of the molecule is Cn1cc([C@H]2CN(c3nc(N)c(C=O)c(-c4ccc(F)cc4F)n3)CCO2)cn1. The van der Waals surface area contributed by atoms with Crippen LogP contribution in [0.3, 0.4) is 0 Å². The number of anilines is 2. The van der Waals surface area contributed by atoms with Crippen LogP contribution in [0.1, 0.15) is 22.0 Å². The predicted octanol–water partition coefficient (Wildman–Crippen LogP) is 2.13. The van der Waals surface area contributed by atoms with Crippen LogP contribution in [0, 0.1) is 11.6 Å². The molecule has 0 unspecified atom stereocenters. The van der Waals surface area contributed by atoms with Gasteiger partial charge in [-0.1, -0.05) is 0 Å². The number of carbonyl (C=O) groups excluding carboxylic acids is 1. The Morgan fingerprint density at radius 1 is 1.31 bits per heavy atom. The number of aromatic nitrogens is 4. The Morgan fingerprint density at radius 2 is 2.14 bits per heavy atom. The fourth-order valence-electron chi connectivity index (χ4n) is 3.26. The first-order chi connectivity index (χ1) is 14.0. The number of nitrogen functional groups attached to an aromatic ring is 1. The van der Waals surface area contributed by atoms with Crippen molar-refractivity contribution in [3.05, 3.63) is 53.4 Å². The highest BCUT2D eigenvalue weighted by atomic mass is 19.1. The summed E-state index contributed by atoms with van der Waals surface area (Å²) < 4.78 is 35.1. The van der Waals surface area contributed by atoms with Gasteiger partial charge in [0.1, 0.15) is 23.6 Å². The molecule has 4 rings (SSSR count). The first-order valence-corrected chi connectivity index (χ1v) is 8.89. The molecule has 1 aromatic carbocycles. The summed E-state index contributed by atoms with van der Waals surface area (Å²) in [5.41, 5.74) is 6.80. The Labute approximate surface area is 164 Å². The molecule has 2 N–H and O–H groups in total. The van der Waals surface area contributed by atoms with Gasteiger partial charge in [0.2, 0.25) is 5.95 Å². The van der Waals surface area contributed by atoms with Gasteiger partial charge in [-0.15, -0.1) is 0 Å². The van der Waals surface area contributed by atoms with Gasteiger partial charge >= 0.3 is 0 Å². The zero-order valence-electron chi connectivity index (χ0n) is 15.5. The van der Waals surface area contributed by atoms with Gasteiger partial charge in [0.05, 0.1) is 30.6 Å². The molecule has 8 nitrogen and oxygen atoms in total. The maximum Gasteiger partial charge on any atom is 0.228 e. The molecule has 150 valence electrons. The molecule has 10 heteroatoms. The number of morpholine rings is 1. The summed E-state index contributed by atoms with van der Waals surface area (Å²) >= 11 is 0. The lowest BCUT2D eigenvalue weighted by Gasteiger charge is -2.33. The molecular weight excluding hydrogens is 382 g/mol. The van der Waals surface area contributed by atoms with E-state index in [0.717, 1.165) is 17.7 Å². The van der Waals surface area contributed by atoms with Crippen LogP contribution in [0.15, 0.2) is 30.6 Å². The lowest BCUT2D eigenvalue weighted by Crippen LogP contribution is -2.39. The van der Waals surface area contributed by atoms with E-state index >= 15 is 0 Å². The van der Waals surface area contributed by atoms with Gasteiger partial charge in [0.25, 0.3) is 0 Å². The van der Waals surface area contributed by atoms with Crippen LogP contribution in [-0.4, -0.2) is 45.7 Å². The normalized spacial score (nSPS) is 16.8. The Kier molecular flexibility index (Phi) is 4.93. The Balaban J connectivity index is 1.72. The average Bonchev–Trinajstić information content (AvgIpc) is 3.14. The van der Waals surface area contributed by atoms with Crippen LogP contribution in [0.4, 0.5) is 20.5 Å². The van der Waals surface area contributed by atoms with E-state index in [1.165, 1.54) is 6.07 Å². The van der Waals surface area contributed by atoms with Gasteiger partial charge in [0, 0.05) is 37.0 Å². The lowest BCUT2D eigenvalue weighted by atomic mass is 10.1. The number of hydrogen-bond donors (Lipinski definition) is 1. The standard InChI is InChI=1S/C19H18F2N6O2/c1-26-8-11(7-23-26)16-9-27(4-5-29-16)19-24-17(14(10-28)18(22)25-19)13-3-2-12(20)6-15(13)21/h2-3,6-8,10,16H,4-5,9H2,1H3,(H2,22,24,25)/t16-/m1/s1. The maximum absolute atomic E-state index is 14.3. The smallest absolute Gasteiger partial charge is 0.228 e. The van der Waals surface area contributed by atoms with Crippen molar-refractivity contribution in [3.63, 3.8) is 0 Å². The number of hydrogen-bond acceptors (Lipinski definition) is 7. The molecule has 0 spiro atoms. The van der Waals surface area contributed by atoms with Crippen molar-refractivity contribution >= 4 is 18.1 Å². The summed E-state index contributed by atoms with van der Waals surface area (Å²) in [6.45, 7) is 1.33. The van der Waals surface area contributed by atoms with Crippen molar-refractivity contribution < 1.29 is 18.3 Å². The molecule has 3 heterocycles. The molecule has 29 heavy (non-hydrogen) atoms. The van der Waals surface area contributed by atoms with E-state index in [2.05, 4.69) is 15.1 Å². The molecule has 1 aliphatic heterocycles. The summed E-state index contributed by atoms with van der Waals surface area (Å²) in [7, 11) is 1.82. The van der Waals surface area contributed by atoms with Crippen molar-refractivity contribution in [2.75, 3.05) is 30.3 Å². The van der Waals surface area contributed by atoms with E-state index in [-0.39, 0.29) is 34.7 Å². The first-order valence-electron chi connectivity index (χ1n) is 8.89. The average molecular weight is 400 g/mol. The van der Waals surface area contributed by atoms with Crippen LogP contribution in [0.2, 0.25) is 0 Å². The topological polar surface area (TPSA) is 99.2 Å². The van der Waals surface area contributed by atoms with Crippen LogP contribution in [0.25, 0.3) is 11.3 Å². The van der Waals surface area contributed by atoms with Crippen molar-refractivity contribution in [2.24, 2.45) is 7.05 Å². The molecular formula is C19H18F2N6O2.